The molecule has 5 rings (SSSR count). The van der Waals surface area contributed by atoms with Gasteiger partial charge in [-0.3, -0.25) is 4.79 Å². The number of hydrogen-bond acceptors (Lipinski definition) is 5. The van der Waals surface area contributed by atoms with Crippen molar-refractivity contribution >= 4 is 11.7 Å². The number of benzene rings is 1. The van der Waals surface area contributed by atoms with Crippen LogP contribution in [0.25, 0.3) is 5.82 Å². The molecule has 1 amide bonds. The molecule has 1 fully saturated rings. The van der Waals surface area contributed by atoms with Gasteiger partial charge in [0.25, 0.3) is 0 Å². The Labute approximate surface area is 170 Å². The number of hydrogen-bond donors (Lipinski definition) is 0. The molecular weight excluding hydrogens is 364 g/mol. The Morgan fingerprint density at radius 3 is 2.38 bits per heavy atom. The average molecular weight is 388 g/mol. The normalized spacial score (nSPS) is 17.2. The van der Waals surface area contributed by atoms with Gasteiger partial charge < -0.3 is 9.80 Å². The van der Waals surface area contributed by atoms with Gasteiger partial charge in [-0.15, -0.1) is 10.2 Å². The highest BCUT2D eigenvalue weighted by Crippen LogP contribution is 2.26. The number of aromatic nitrogens is 4. The van der Waals surface area contributed by atoms with Crippen LogP contribution in [0.1, 0.15) is 24.0 Å². The molecule has 0 atom stereocenters. The molecule has 2 aromatic heterocycles. The summed E-state index contributed by atoms with van der Waals surface area (Å²) >= 11 is 0. The molecule has 1 saturated heterocycles. The van der Waals surface area contributed by atoms with Gasteiger partial charge in [0.2, 0.25) is 5.91 Å². The number of carbonyl (C=O) groups excluding carboxylic acids is 1. The van der Waals surface area contributed by atoms with Gasteiger partial charge in [0.1, 0.15) is 0 Å². The van der Waals surface area contributed by atoms with Crippen LogP contribution >= 0.6 is 0 Å². The highest BCUT2D eigenvalue weighted by molar-refractivity contribution is 5.79. The maximum absolute atomic E-state index is 13.1. The number of anilines is 1. The molecule has 3 aromatic rings. The second-order valence-corrected chi connectivity index (χ2v) is 7.74. The van der Waals surface area contributed by atoms with E-state index in [1.54, 1.807) is 10.9 Å². The number of carbonyl (C=O) groups is 1. The van der Waals surface area contributed by atoms with Gasteiger partial charge in [-0.05, 0) is 48.6 Å². The van der Waals surface area contributed by atoms with E-state index in [1.165, 1.54) is 11.1 Å². The summed E-state index contributed by atoms with van der Waals surface area (Å²) in [6, 6.07) is 14.2. The van der Waals surface area contributed by atoms with Gasteiger partial charge in [0, 0.05) is 44.5 Å². The largest absolute Gasteiger partial charge is 0.355 e. The minimum Gasteiger partial charge on any atom is -0.355 e. The van der Waals surface area contributed by atoms with Crippen LogP contribution in [0, 0.1) is 5.92 Å². The van der Waals surface area contributed by atoms with Gasteiger partial charge in [-0.25, -0.2) is 4.68 Å². The second kappa shape index (κ2) is 7.66. The van der Waals surface area contributed by atoms with E-state index in [2.05, 4.69) is 44.5 Å². The number of nitrogens with zero attached hydrogens (tertiary/aromatic N) is 6. The Hall–Kier alpha value is -3.22. The number of rotatable bonds is 3. The molecule has 1 aromatic carbocycles. The molecule has 29 heavy (non-hydrogen) atoms. The Bertz CT molecular complexity index is 977. The van der Waals surface area contributed by atoms with E-state index in [4.69, 9.17) is 0 Å². The van der Waals surface area contributed by atoms with Crippen LogP contribution in [-0.2, 0) is 17.8 Å². The van der Waals surface area contributed by atoms with Crippen LogP contribution < -0.4 is 4.90 Å². The zero-order chi connectivity index (χ0) is 19.6. The van der Waals surface area contributed by atoms with Gasteiger partial charge >= 0.3 is 0 Å². The van der Waals surface area contributed by atoms with Crippen LogP contribution in [0.5, 0.6) is 0 Å². The molecule has 0 unspecified atom stereocenters. The van der Waals surface area contributed by atoms with Crippen LogP contribution in [0.2, 0.25) is 0 Å². The summed E-state index contributed by atoms with van der Waals surface area (Å²) in [5.74, 6) is 1.97. The fourth-order valence-electron chi connectivity index (χ4n) is 4.31. The molecule has 7 nitrogen and oxygen atoms in total. The van der Waals surface area contributed by atoms with Crippen LogP contribution in [-0.4, -0.2) is 50.4 Å². The fourth-order valence-corrected chi connectivity index (χ4v) is 4.31. The SMILES string of the molecule is O=C(C1CCN(c2ccc(-n3cccn3)nn2)CC1)N1CCc2ccccc2C1. The zero-order valence-electron chi connectivity index (χ0n) is 16.3. The summed E-state index contributed by atoms with van der Waals surface area (Å²) in [5.41, 5.74) is 2.67. The lowest BCUT2D eigenvalue weighted by molar-refractivity contribution is -0.137. The predicted octanol–water partition coefficient (Wildman–Crippen LogP) is 2.46. The lowest BCUT2D eigenvalue weighted by Gasteiger charge is -2.36. The molecule has 0 saturated carbocycles. The third-order valence-electron chi connectivity index (χ3n) is 5.99. The highest BCUT2D eigenvalue weighted by atomic mass is 16.2. The van der Waals surface area contributed by atoms with E-state index in [1.807, 2.05) is 29.3 Å². The number of piperidine rings is 1. The quantitative estimate of drug-likeness (QED) is 0.690. The first-order valence-corrected chi connectivity index (χ1v) is 10.2. The zero-order valence-corrected chi connectivity index (χ0v) is 16.3. The average Bonchev–Trinajstić information content (AvgIpc) is 3.33. The highest BCUT2D eigenvalue weighted by Gasteiger charge is 2.30. The summed E-state index contributed by atoms with van der Waals surface area (Å²) in [6.45, 7) is 3.24. The number of amides is 1. The van der Waals surface area contributed by atoms with Gasteiger partial charge in [-0.2, -0.15) is 5.10 Å². The summed E-state index contributed by atoms with van der Waals surface area (Å²) < 4.78 is 1.69. The molecule has 4 heterocycles. The first kappa shape index (κ1) is 17.8. The lowest BCUT2D eigenvalue weighted by atomic mass is 9.93. The maximum Gasteiger partial charge on any atom is 0.226 e. The predicted molar refractivity (Wildman–Crippen MR) is 110 cm³/mol. The molecule has 0 bridgehead atoms. The van der Waals surface area contributed by atoms with E-state index < -0.39 is 0 Å². The number of fused-ring (bicyclic) bond motifs is 1. The molecule has 0 N–H and O–H groups in total. The molecular formula is C22H24N6O. The van der Waals surface area contributed by atoms with Crippen molar-refractivity contribution in [1.29, 1.82) is 0 Å². The van der Waals surface area contributed by atoms with Crippen LogP contribution in [0.3, 0.4) is 0 Å². The van der Waals surface area contributed by atoms with E-state index >= 15 is 0 Å². The van der Waals surface area contributed by atoms with Crippen molar-refractivity contribution < 1.29 is 4.79 Å². The van der Waals surface area contributed by atoms with Crippen molar-refractivity contribution in [2.75, 3.05) is 24.5 Å². The van der Waals surface area contributed by atoms with Gasteiger partial charge in [-0.1, -0.05) is 24.3 Å². The molecule has 0 spiro atoms. The third-order valence-corrected chi connectivity index (χ3v) is 5.99. The standard InChI is InChI=1S/C22H24N6O/c29-22(27-15-8-17-4-1-2-5-19(17)16-27)18-9-13-26(14-10-18)20-6-7-21(25-24-20)28-12-3-11-23-28/h1-7,11-12,18H,8-10,13-16H2. The smallest absolute Gasteiger partial charge is 0.226 e. The Balaban J connectivity index is 1.19. The van der Waals surface area contributed by atoms with Gasteiger partial charge in [0.05, 0.1) is 0 Å². The molecule has 2 aliphatic rings. The molecule has 7 heteroatoms. The molecule has 2 aliphatic heterocycles. The Morgan fingerprint density at radius 2 is 1.66 bits per heavy atom. The summed E-state index contributed by atoms with van der Waals surface area (Å²) in [7, 11) is 0. The summed E-state index contributed by atoms with van der Waals surface area (Å²) in [6.07, 6.45) is 6.25. The van der Waals surface area contributed by atoms with Crippen molar-refractivity contribution in [2.45, 2.75) is 25.8 Å². The molecule has 0 radical (unpaired) electrons. The Kier molecular flexibility index (Phi) is 4.71. The van der Waals surface area contributed by atoms with Gasteiger partial charge in [0.15, 0.2) is 11.6 Å². The van der Waals surface area contributed by atoms with Crippen LogP contribution in [0.4, 0.5) is 5.82 Å². The topological polar surface area (TPSA) is 67.2 Å². The first-order valence-electron chi connectivity index (χ1n) is 10.2. The summed E-state index contributed by atoms with van der Waals surface area (Å²) in [5, 5.41) is 12.8. The second-order valence-electron chi connectivity index (χ2n) is 7.74. The lowest BCUT2D eigenvalue weighted by Crippen LogP contribution is -2.44. The fraction of sp³-hybridized carbons (Fsp3) is 0.364. The summed E-state index contributed by atoms with van der Waals surface area (Å²) in [4.78, 5) is 17.3. The van der Waals surface area contributed by atoms with E-state index in [9.17, 15) is 4.79 Å². The third kappa shape index (κ3) is 3.60. The van der Waals surface area contributed by atoms with Crippen LogP contribution in [0.15, 0.2) is 54.9 Å². The van der Waals surface area contributed by atoms with E-state index in [-0.39, 0.29) is 5.92 Å². The molecule has 0 aliphatic carbocycles. The van der Waals surface area contributed by atoms with Crippen molar-refractivity contribution in [3.63, 3.8) is 0 Å². The van der Waals surface area contributed by atoms with Crippen molar-refractivity contribution in [3.05, 3.63) is 66.0 Å². The minimum atomic E-state index is 0.104. The van der Waals surface area contributed by atoms with Crippen molar-refractivity contribution in [3.8, 4) is 5.82 Å². The van der Waals surface area contributed by atoms with E-state index in [0.717, 1.165) is 51.3 Å². The Morgan fingerprint density at radius 1 is 0.897 bits per heavy atom. The maximum atomic E-state index is 13.1. The molecule has 148 valence electrons. The first-order chi connectivity index (χ1) is 14.3. The van der Waals surface area contributed by atoms with E-state index in [0.29, 0.717) is 11.7 Å². The monoisotopic (exact) mass is 388 g/mol. The van der Waals surface area contributed by atoms with Crippen molar-refractivity contribution in [1.82, 2.24) is 24.9 Å². The minimum absolute atomic E-state index is 0.104. The van der Waals surface area contributed by atoms with Crippen molar-refractivity contribution in [2.24, 2.45) is 5.92 Å².